The predicted octanol–water partition coefficient (Wildman–Crippen LogP) is 9.61. The van der Waals surface area contributed by atoms with Gasteiger partial charge in [0.25, 0.3) is 0 Å². The van der Waals surface area contributed by atoms with Gasteiger partial charge in [0.2, 0.25) is 11.8 Å². The Labute approximate surface area is 297 Å². The van der Waals surface area contributed by atoms with Crippen LogP contribution in [0, 0.1) is 6.92 Å². The van der Waals surface area contributed by atoms with Gasteiger partial charge in [-0.15, -0.1) is 45.3 Å². The maximum Gasteiger partial charge on any atom is 0.233 e. The Morgan fingerprint density at radius 2 is 1.29 bits per heavy atom. The average Bonchev–Trinajstić information content (AvgIpc) is 3.96. The molecular formula is C37H26N6O2S4. The van der Waals surface area contributed by atoms with E-state index in [9.17, 15) is 4.79 Å². The summed E-state index contributed by atoms with van der Waals surface area (Å²) >= 11 is 6.06. The lowest BCUT2D eigenvalue weighted by molar-refractivity contribution is -0.124. The normalized spacial score (nSPS) is 12.6. The summed E-state index contributed by atoms with van der Waals surface area (Å²) in [6, 6.07) is 19.2. The van der Waals surface area contributed by atoms with Crippen LogP contribution >= 0.6 is 45.3 Å². The number of thiazole rings is 2. The van der Waals surface area contributed by atoms with Gasteiger partial charge in [0, 0.05) is 52.0 Å². The van der Waals surface area contributed by atoms with Gasteiger partial charge in [0.15, 0.2) is 0 Å². The number of amides is 2. The first-order valence-electron chi connectivity index (χ1n) is 15.3. The molecule has 49 heavy (non-hydrogen) atoms. The zero-order valence-corrected chi connectivity index (χ0v) is 29.1. The molecule has 0 bridgehead atoms. The molecule has 0 fully saturated rings. The molecule has 8 rings (SSSR count). The number of carbonyl (C=O) groups excluding carboxylic acids is 2. The van der Waals surface area contributed by atoms with Crippen LogP contribution in [-0.2, 0) is 9.59 Å². The van der Waals surface area contributed by atoms with Crippen LogP contribution in [0.15, 0.2) is 112 Å². The van der Waals surface area contributed by atoms with Crippen molar-refractivity contribution in [3.8, 4) is 20.5 Å². The van der Waals surface area contributed by atoms with E-state index in [1.807, 2.05) is 89.1 Å². The molecule has 6 aromatic heterocycles. The summed E-state index contributed by atoms with van der Waals surface area (Å²) in [5.41, 5.74) is 6.22. The highest BCUT2D eigenvalue weighted by atomic mass is 32.1. The third kappa shape index (κ3) is 6.04. The Hall–Kier alpha value is -5.14. The largest absolute Gasteiger partial charge is 0.324 e. The SMILES string of the molecule is Cc1csc(-c2sccc2NC(=O)C(c2cccc3cnccc23)C(C(=O)Nc2ccsc2-c2cscn2)c2cccc3cnccc23)n1. The van der Waals surface area contributed by atoms with Crippen LogP contribution in [0.1, 0.15) is 28.7 Å². The first kappa shape index (κ1) is 31.1. The zero-order chi connectivity index (χ0) is 33.3. The highest BCUT2D eigenvalue weighted by Crippen LogP contribution is 2.43. The number of anilines is 2. The van der Waals surface area contributed by atoms with Crippen LogP contribution in [0.2, 0.25) is 0 Å². The molecular weight excluding hydrogens is 689 g/mol. The number of rotatable bonds is 9. The number of fused-ring (bicyclic) bond motifs is 2. The van der Waals surface area contributed by atoms with Gasteiger partial charge in [-0.05, 0) is 63.8 Å². The second-order valence-corrected chi connectivity index (χ2v) is 14.7. The van der Waals surface area contributed by atoms with Crippen LogP contribution in [0.25, 0.3) is 42.0 Å². The molecule has 0 saturated carbocycles. The summed E-state index contributed by atoms with van der Waals surface area (Å²) < 4.78 is 0. The summed E-state index contributed by atoms with van der Waals surface area (Å²) in [7, 11) is 0. The third-order valence-electron chi connectivity index (χ3n) is 8.32. The Morgan fingerprint density at radius 3 is 1.84 bits per heavy atom. The Kier molecular flexibility index (Phi) is 8.52. The van der Waals surface area contributed by atoms with E-state index < -0.39 is 11.8 Å². The lowest BCUT2D eigenvalue weighted by Crippen LogP contribution is -2.34. The number of benzene rings is 2. The summed E-state index contributed by atoms with van der Waals surface area (Å²) in [6.07, 6.45) is 6.98. The molecule has 2 N–H and O–H groups in total. The molecule has 8 nitrogen and oxygen atoms in total. The minimum Gasteiger partial charge on any atom is -0.324 e. The highest BCUT2D eigenvalue weighted by Gasteiger charge is 2.39. The lowest BCUT2D eigenvalue weighted by Gasteiger charge is -2.28. The minimum absolute atomic E-state index is 0.312. The van der Waals surface area contributed by atoms with Gasteiger partial charge in [-0.1, -0.05) is 36.4 Å². The summed E-state index contributed by atoms with van der Waals surface area (Å²) in [6.45, 7) is 1.95. The number of carbonyl (C=O) groups is 2. The van der Waals surface area contributed by atoms with E-state index in [4.69, 9.17) is 0 Å². The molecule has 240 valence electrons. The second kappa shape index (κ2) is 13.4. The molecule has 0 aliphatic heterocycles. The molecule has 6 heterocycles. The van der Waals surface area contributed by atoms with Crippen LogP contribution in [0.4, 0.5) is 11.4 Å². The molecule has 2 atom stereocenters. The van der Waals surface area contributed by atoms with E-state index in [1.165, 1.54) is 45.3 Å². The number of aryl methyl sites for hydroxylation is 1. The molecule has 2 aromatic carbocycles. The molecule has 0 aliphatic carbocycles. The number of thiophene rings is 2. The van der Waals surface area contributed by atoms with E-state index in [2.05, 4.69) is 30.6 Å². The van der Waals surface area contributed by atoms with E-state index in [0.717, 1.165) is 58.8 Å². The quantitative estimate of drug-likeness (QED) is 0.154. The van der Waals surface area contributed by atoms with Gasteiger partial charge in [-0.3, -0.25) is 19.6 Å². The molecule has 12 heteroatoms. The number of pyridine rings is 2. The molecule has 8 aromatic rings. The molecule has 0 spiro atoms. The van der Waals surface area contributed by atoms with Gasteiger partial charge < -0.3 is 10.6 Å². The fourth-order valence-corrected chi connectivity index (χ4v) is 9.37. The molecule has 2 amide bonds. The van der Waals surface area contributed by atoms with Crippen molar-refractivity contribution in [3.63, 3.8) is 0 Å². The molecule has 0 saturated heterocycles. The van der Waals surface area contributed by atoms with Crippen molar-refractivity contribution in [3.05, 3.63) is 129 Å². The minimum atomic E-state index is -0.947. The van der Waals surface area contributed by atoms with Crippen LogP contribution in [0.5, 0.6) is 0 Å². The van der Waals surface area contributed by atoms with Crippen LogP contribution < -0.4 is 10.6 Å². The van der Waals surface area contributed by atoms with Crippen molar-refractivity contribution in [2.75, 3.05) is 10.6 Å². The standard InChI is InChI=1S/C37H26N6O2S4/c1-21-18-49-37(41-21)34-29(11-15-48-34)43-36(45)32(27-7-3-5-23-17-39-13-9-25(23)27)31(26-6-2-4-22-16-38-12-8-24(22)26)35(44)42-28-10-14-47-33(28)30-19-46-20-40-30/h2-20,31-32H,1H3,(H,42,44)(H,43,45). The number of aromatic nitrogens is 4. The molecule has 0 radical (unpaired) electrons. The fourth-order valence-electron chi connectivity index (χ4n) is 6.17. The number of hydrogen-bond acceptors (Lipinski definition) is 10. The number of hydrogen-bond donors (Lipinski definition) is 2. The monoisotopic (exact) mass is 714 g/mol. The van der Waals surface area contributed by atoms with E-state index >= 15 is 4.79 Å². The Bertz CT molecular complexity index is 2440. The van der Waals surface area contributed by atoms with E-state index in [-0.39, 0.29) is 11.8 Å². The second-order valence-electron chi connectivity index (χ2n) is 11.3. The number of nitrogens with zero attached hydrogens (tertiary/aromatic N) is 4. The van der Waals surface area contributed by atoms with Crippen molar-refractivity contribution < 1.29 is 9.59 Å². The van der Waals surface area contributed by atoms with Crippen molar-refractivity contribution in [2.24, 2.45) is 0 Å². The van der Waals surface area contributed by atoms with E-state index in [0.29, 0.717) is 11.4 Å². The predicted molar refractivity (Wildman–Crippen MR) is 202 cm³/mol. The smallest absolute Gasteiger partial charge is 0.233 e. The summed E-state index contributed by atoms with van der Waals surface area (Å²) in [5.74, 6) is -2.52. The first-order valence-corrected chi connectivity index (χ1v) is 18.9. The van der Waals surface area contributed by atoms with Crippen molar-refractivity contribution in [1.82, 2.24) is 19.9 Å². The summed E-state index contributed by atoms with van der Waals surface area (Å²) in [5, 5.41) is 18.5. The van der Waals surface area contributed by atoms with E-state index in [1.54, 1.807) is 30.3 Å². The maximum atomic E-state index is 15.0. The van der Waals surface area contributed by atoms with Crippen molar-refractivity contribution >= 4 is 90.1 Å². The molecule has 0 aliphatic rings. The first-order chi connectivity index (χ1) is 24.0. The molecule has 2 unspecified atom stereocenters. The van der Waals surface area contributed by atoms with Crippen LogP contribution in [-0.4, -0.2) is 31.8 Å². The van der Waals surface area contributed by atoms with Gasteiger partial charge in [0.05, 0.1) is 44.2 Å². The number of nitrogens with one attached hydrogen (secondary N) is 2. The van der Waals surface area contributed by atoms with Crippen molar-refractivity contribution in [1.29, 1.82) is 0 Å². The van der Waals surface area contributed by atoms with Gasteiger partial charge in [-0.2, -0.15) is 0 Å². The Balaban J connectivity index is 1.31. The topological polar surface area (TPSA) is 110 Å². The average molecular weight is 715 g/mol. The van der Waals surface area contributed by atoms with Gasteiger partial charge >= 0.3 is 0 Å². The highest BCUT2D eigenvalue weighted by molar-refractivity contribution is 7.20. The Morgan fingerprint density at radius 1 is 0.694 bits per heavy atom. The van der Waals surface area contributed by atoms with Gasteiger partial charge in [-0.25, -0.2) is 9.97 Å². The van der Waals surface area contributed by atoms with Gasteiger partial charge in [0.1, 0.15) is 5.01 Å². The lowest BCUT2D eigenvalue weighted by atomic mass is 9.77. The zero-order valence-electron chi connectivity index (χ0n) is 25.9. The maximum absolute atomic E-state index is 15.0. The van der Waals surface area contributed by atoms with Crippen LogP contribution in [0.3, 0.4) is 0 Å². The van der Waals surface area contributed by atoms with Crippen molar-refractivity contribution in [2.45, 2.75) is 18.8 Å². The summed E-state index contributed by atoms with van der Waals surface area (Å²) in [4.78, 5) is 49.6. The fraction of sp³-hybridized carbons (Fsp3) is 0.0811. The third-order valence-corrected chi connectivity index (χ3v) is 11.9.